The van der Waals surface area contributed by atoms with Gasteiger partial charge in [0.05, 0.1) is 13.2 Å². The minimum Gasteiger partial charge on any atom is -0.462 e. The molecule has 9 nitrogen and oxygen atoms in total. The largest absolute Gasteiger partial charge is 0.472 e. The van der Waals surface area contributed by atoms with Crippen LogP contribution in [0.4, 0.5) is 0 Å². The number of phosphoric acid groups is 1. The highest BCUT2D eigenvalue weighted by atomic mass is 31.2. The van der Waals surface area contributed by atoms with Crippen molar-refractivity contribution in [2.75, 3.05) is 26.4 Å². The van der Waals surface area contributed by atoms with Gasteiger partial charge in [-0.3, -0.25) is 18.6 Å². The van der Waals surface area contributed by atoms with Crippen LogP contribution < -0.4 is 5.73 Å². The number of phosphoric ester groups is 1. The van der Waals surface area contributed by atoms with Crippen molar-refractivity contribution < 1.29 is 37.6 Å². The van der Waals surface area contributed by atoms with Crippen LogP contribution >= 0.6 is 7.82 Å². The van der Waals surface area contributed by atoms with E-state index in [0.717, 1.165) is 89.9 Å². The van der Waals surface area contributed by atoms with Crippen LogP contribution in [0.25, 0.3) is 0 Å². The molecule has 0 saturated carbocycles. The monoisotopic (exact) mass is 816 g/mol. The summed E-state index contributed by atoms with van der Waals surface area (Å²) in [5.41, 5.74) is 5.34. The summed E-state index contributed by atoms with van der Waals surface area (Å²) in [4.78, 5) is 34.9. The Morgan fingerprint density at radius 1 is 0.544 bits per heavy atom. The molecule has 0 saturated heterocycles. The van der Waals surface area contributed by atoms with E-state index < -0.39 is 32.5 Å². The second kappa shape index (κ2) is 42.5. The molecule has 0 radical (unpaired) electrons. The summed E-state index contributed by atoms with van der Waals surface area (Å²) in [5, 5.41) is 0. The van der Waals surface area contributed by atoms with Gasteiger partial charge < -0.3 is 20.1 Å². The zero-order valence-electron chi connectivity index (χ0n) is 35.5. The molecule has 2 unspecified atom stereocenters. The minimum atomic E-state index is -4.40. The topological polar surface area (TPSA) is 134 Å². The first-order valence-corrected chi connectivity index (χ1v) is 23.2. The number of unbranched alkanes of at least 4 members (excludes halogenated alkanes) is 10. The third kappa shape index (κ3) is 42.4. The molecule has 0 aromatic heterocycles. The predicted octanol–water partition coefficient (Wildman–Crippen LogP) is 12.6. The number of hydrogen-bond donors (Lipinski definition) is 2. The number of hydrogen-bond acceptors (Lipinski definition) is 8. The van der Waals surface area contributed by atoms with Gasteiger partial charge in [0.2, 0.25) is 0 Å². The third-order valence-electron chi connectivity index (χ3n) is 8.45. The van der Waals surface area contributed by atoms with Gasteiger partial charge in [0.15, 0.2) is 6.10 Å². The van der Waals surface area contributed by atoms with Gasteiger partial charge in [-0.1, -0.05) is 143 Å². The quantitative estimate of drug-likeness (QED) is 0.0269. The number of carbonyl (C=O) groups is 2. The molecule has 3 N–H and O–H groups in total. The molecule has 0 heterocycles. The smallest absolute Gasteiger partial charge is 0.462 e. The van der Waals surface area contributed by atoms with Crippen LogP contribution in [0.3, 0.4) is 0 Å². The van der Waals surface area contributed by atoms with E-state index >= 15 is 0 Å². The van der Waals surface area contributed by atoms with Crippen LogP contribution in [-0.4, -0.2) is 49.3 Å². The highest BCUT2D eigenvalue weighted by molar-refractivity contribution is 7.47. The van der Waals surface area contributed by atoms with Crippen LogP contribution in [0, 0.1) is 0 Å². The predicted molar refractivity (Wildman–Crippen MR) is 238 cm³/mol. The van der Waals surface area contributed by atoms with Crippen LogP contribution in [0.15, 0.2) is 97.2 Å². The molecule has 0 aliphatic heterocycles. The second-order valence-electron chi connectivity index (χ2n) is 13.8. The summed E-state index contributed by atoms with van der Waals surface area (Å²) in [7, 11) is -4.40. The molecule has 0 amide bonds. The zero-order valence-corrected chi connectivity index (χ0v) is 36.4. The van der Waals surface area contributed by atoms with Gasteiger partial charge in [0.25, 0.3) is 0 Å². The van der Waals surface area contributed by atoms with Crippen LogP contribution in [0.2, 0.25) is 0 Å². The molecule has 2 atom stereocenters. The molecule has 0 aliphatic rings. The Balaban J connectivity index is 4.29. The Morgan fingerprint density at radius 3 is 1.44 bits per heavy atom. The number of esters is 2. The fourth-order valence-electron chi connectivity index (χ4n) is 5.25. The van der Waals surface area contributed by atoms with E-state index in [1.807, 2.05) is 0 Å². The van der Waals surface area contributed by atoms with E-state index in [-0.39, 0.29) is 32.6 Å². The molecule has 0 rings (SSSR count). The Morgan fingerprint density at radius 2 is 0.965 bits per heavy atom. The second-order valence-corrected chi connectivity index (χ2v) is 15.3. The number of ether oxygens (including phenoxy) is 2. The number of rotatable bonds is 39. The van der Waals surface area contributed by atoms with Gasteiger partial charge in [-0.05, 0) is 96.3 Å². The Labute approximate surface area is 346 Å². The molecule has 57 heavy (non-hydrogen) atoms. The van der Waals surface area contributed by atoms with Crippen molar-refractivity contribution in [1.82, 2.24) is 0 Å². The van der Waals surface area contributed by atoms with E-state index in [9.17, 15) is 19.0 Å². The van der Waals surface area contributed by atoms with Crippen molar-refractivity contribution in [2.45, 2.75) is 161 Å². The SMILES string of the molecule is CCC=CCC=CCC=CCC=CCC=CCCCCCC(=O)OC(COC(=O)CCCCCCC=CCC=CCC=CCCCCC)COP(=O)(O)OCCN. The van der Waals surface area contributed by atoms with Crippen molar-refractivity contribution in [1.29, 1.82) is 0 Å². The summed E-state index contributed by atoms with van der Waals surface area (Å²) < 4.78 is 32.7. The Hall–Kier alpha value is -3.07. The average molecular weight is 816 g/mol. The van der Waals surface area contributed by atoms with Crippen molar-refractivity contribution in [2.24, 2.45) is 5.73 Å². The first-order chi connectivity index (χ1) is 27.8. The minimum absolute atomic E-state index is 0.0386. The Kier molecular flexibility index (Phi) is 40.2. The fourth-order valence-corrected chi connectivity index (χ4v) is 6.02. The maximum Gasteiger partial charge on any atom is 0.472 e. The maximum atomic E-state index is 12.6. The molecule has 0 aromatic carbocycles. The number of carbonyl (C=O) groups excluding carboxylic acids is 2. The van der Waals surface area contributed by atoms with Gasteiger partial charge in [-0.25, -0.2) is 4.57 Å². The van der Waals surface area contributed by atoms with Crippen LogP contribution in [0.1, 0.15) is 155 Å². The van der Waals surface area contributed by atoms with E-state index in [1.54, 1.807) is 0 Å². The molecular weight excluding hydrogens is 737 g/mol. The van der Waals surface area contributed by atoms with Crippen molar-refractivity contribution in [3.8, 4) is 0 Å². The average Bonchev–Trinajstić information content (AvgIpc) is 3.20. The van der Waals surface area contributed by atoms with E-state index in [1.165, 1.54) is 25.7 Å². The lowest BCUT2D eigenvalue weighted by atomic mass is 10.1. The highest BCUT2D eigenvalue weighted by Gasteiger charge is 2.25. The van der Waals surface area contributed by atoms with Gasteiger partial charge in [0.1, 0.15) is 6.61 Å². The first kappa shape index (κ1) is 53.9. The third-order valence-corrected chi connectivity index (χ3v) is 9.44. The van der Waals surface area contributed by atoms with Crippen molar-refractivity contribution >= 4 is 19.8 Å². The maximum absolute atomic E-state index is 12.6. The number of nitrogens with two attached hydrogens (primary N) is 1. The lowest BCUT2D eigenvalue weighted by Gasteiger charge is -2.19. The van der Waals surface area contributed by atoms with E-state index in [4.69, 9.17) is 24.3 Å². The molecule has 0 aromatic rings. The Bertz CT molecular complexity index is 1250. The summed E-state index contributed by atoms with van der Waals surface area (Å²) >= 11 is 0. The molecule has 10 heteroatoms. The lowest BCUT2D eigenvalue weighted by molar-refractivity contribution is -0.161. The van der Waals surface area contributed by atoms with Gasteiger partial charge in [0, 0.05) is 19.4 Å². The zero-order chi connectivity index (χ0) is 41.8. The molecule has 0 spiro atoms. The normalized spacial score (nSPS) is 14.2. The fraction of sp³-hybridized carbons (Fsp3) is 0.617. The van der Waals surface area contributed by atoms with Crippen LogP contribution in [0.5, 0.6) is 0 Å². The van der Waals surface area contributed by atoms with E-state index in [0.29, 0.717) is 12.8 Å². The van der Waals surface area contributed by atoms with Gasteiger partial charge in [-0.2, -0.15) is 0 Å². The van der Waals surface area contributed by atoms with E-state index in [2.05, 4.69) is 111 Å². The summed E-state index contributed by atoms with van der Waals surface area (Å²) in [6.45, 7) is 3.50. The summed E-state index contributed by atoms with van der Waals surface area (Å²) in [6, 6.07) is 0. The standard InChI is InChI=1S/C47H78NO8P/c1-3-5-7-9-11-13-15-17-19-21-22-24-26-28-30-32-34-36-38-40-47(50)56-45(44-55-57(51,52)54-42-41-48)43-53-46(49)39-37-35-33-31-29-27-25-23-20-18-16-14-12-10-8-6-4-2/h5,7,11-14,17-20,22,24-25,27-28,30,45H,3-4,6,8-10,15-16,21,23,26,29,31-44,48H2,1-2H3,(H,51,52). The molecule has 0 bridgehead atoms. The van der Waals surface area contributed by atoms with Gasteiger partial charge in [-0.15, -0.1) is 0 Å². The van der Waals surface area contributed by atoms with Crippen LogP contribution in [-0.2, 0) is 32.7 Å². The summed E-state index contributed by atoms with van der Waals surface area (Å²) in [5.74, 6) is -0.902. The molecule has 0 aliphatic carbocycles. The highest BCUT2D eigenvalue weighted by Crippen LogP contribution is 2.43. The van der Waals surface area contributed by atoms with Gasteiger partial charge >= 0.3 is 19.8 Å². The van der Waals surface area contributed by atoms with Crippen molar-refractivity contribution in [3.63, 3.8) is 0 Å². The summed E-state index contributed by atoms with van der Waals surface area (Å²) in [6.07, 6.45) is 54.3. The number of allylic oxidation sites excluding steroid dienone is 16. The molecule has 324 valence electrons. The van der Waals surface area contributed by atoms with Crippen molar-refractivity contribution in [3.05, 3.63) is 97.2 Å². The molecule has 0 fully saturated rings. The lowest BCUT2D eigenvalue weighted by Crippen LogP contribution is -2.29. The first-order valence-electron chi connectivity index (χ1n) is 21.7. The molecular formula is C47H78NO8P.